The number of thiol groups is 1. The average Bonchev–Trinajstić information content (AvgIpc) is 2.08. The van der Waals surface area contributed by atoms with Gasteiger partial charge < -0.3 is 4.74 Å². The van der Waals surface area contributed by atoms with Crippen molar-refractivity contribution in [2.45, 2.75) is 17.4 Å². The highest BCUT2D eigenvalue weighted by molar-refractivity contribution is 7.80. The first-order valence-corrected chi connectivity index (χ1v) is 4.01. The molecule has 0 aliphatic carbocycles. The molecule has 78 valence electrons. The van der Waals surface area contributed by atoms with Gasteiger partial charge in [-0.05, 0) is 12.1 Å². The number of hydrogen-bond donors (Lipinski definition) is 1. The van der Waals surface area contributed by atoms with E-state index in [4.69, 9.17) is 0 Å². The van der Waals surface area contributed by atoms with Crippen LogP contribution < -0.4 is 4.74 Å². The maximum absolute atomic E-state index is 12.4. The largest absolute Gasteiger partial charge is 0.461 e. The molecule has 0 radical (unpaired) electrons. The minimum atomic E-state index is -4.49. The molecule has 0 atom stereocenters. The van der Waals surface area contributed by atoms with E-state index in [0.29, 0.717) is 0 Å². The van der Waals surface area contributed by atoms with E-state index in [2.05, 4.69) is 17.4 Å². The van der Waals surface area contributed by atoms with Crippen LogP contribution in [0.4, 0.5) is 17.6 Å². The highest BCUT2D eigenvalue weighted by atomic mass is 32.1. The zero-order valence-corrected chi connectivity index (χ0v) is 7.65. The molecule has 14 heavy (non-hydrogen) atoms. The third kappa shape index (κ3) is 2.54. The summed E-state index contributed by atoms with van der Waals surface area (Å²) >= 11 is 3.77. The van der Waals surface area contributed by atoms with E-state index in [-0.39, 0.29) is 10.6 Å². The molecule has 1 rings (SSSR count). The van der Waals surface area contributed by atoms with Crippen LogP contribution in [0, 0.1) is 0 Å². The molecule has 1 aromatic rings. The Labute approximate surface area is 83.1 Å². The minimum absolute atomic E-state index is 0.0767. The number of halogens is 4. The number of para-hydroxylation sites is 1. The number of alkyl halides is 4. The van der Waals surface area contributed by atoms with Crippen LogP contribution in [0.3, 0.4) is 0 Å². The summed E-state index contributed by atoms with van der Waals surface area (Å²) in [5.41, 5.74) is 0. The van der Waals surface area contributed by atoms with Crippen LogP contribution in [0.5, 0.6) is 5.75 Å². The summed E-state index contributed by atoms with van der Waals surface area (Å²) < 4.78 is 52.1. The standard InChI is InChI=1S/C8H6F4OS/c9-7(10)8(11,12)13-5-3-1-2-4-6(5)14/h1-4,7,14H. The summed E-state index contributed by atoms with van der Waals surface area (Å²) in [6, 6.07) is 5.41. The summed E-state index contributed by atoms with van der Waals surface area (Å²) in [5, 5.41) is 0. The van der Waals surface area contributed by atoms with Gasteiger partial charge in [0.15, 0.2) is 0 Å². The topological polar surface area (TPSA) is 9.23 Å². The van der Waals surface area contributed by atoms with Gasteiger partial charge in [0, 0.05) is 4.90 Å². The lowest BCUT2D eigenvalue weighted by atomic mass is 10.3. The minimum Gasteiger partial charge on any atom is -0.427 e. The smallest absolute Gasteiger partial charge is 0.427 e. The van der Waals surface area contributed by atoms with Crippen molar-refractivity contribution in [2.24, 2.45) is 0 Å². The summed E-state index contributed by atoms with van der Waals surface area (Å²) in [6.07, 6.45) is -8.35. The summed E-state index contributed by atoms with van der Waals surface area (Å²) in [7, 11) is 0. The van der Waals surface area contributed by atoms with Crippen molar-refractivity contribution in [3.8, 4) is 5.75 Å². The normalized spacial score (nSPS) is 11.9. The second-order valence-electron chi connectivity index (χ2n) is 2.43. The summed E-state index contributed by atoms with van der Waals surface area (Å²) in [5.74, 6) is -0.374. The molecule has 0 heterocycles. The van der Waals surface area contributed by atoms with Crippen LogP contribution in [0.1, 0.15) is 0 Å². The first-order valence-electron chi connectivity index (χ1n) is 3.56. The highest BCUT2D eigenvalue weighted by Gasteiger charge is 2.44. The van der Waals surface area contributed by atoms with E-state index in [1.165, 1.54) is 18.2 Å². The lowest BCUT2D eigenvalue weighted by molar-refractivity contribution is -0.254. The van der Waals surface area contributed by atoms with Crippen molar-refractivity contribution in [3.05, 3.63) is 24.3 Å². The molecule has 0 N–H and O–H groups in total. The Morgan fingerprint density at radius 3 is 2.29 bits per heavy atom. The lowest BCUT2D eigenvalue weighted by Crippen LogP contribution is -2.33. The molecular weight excluding hydrogens is 220 g/mol. The fourth-order valence-electron chi connectivity index (χ4n) is 0.735. The molecule has 0 aliphatic heterocycles. The Balaban J connectivity index is 2.84. The van der Waals surface area contributed by atoms with E-state index >= 15 is 0 Å². The molecule has 6 heteroatoms. The van der Waals surface area contributed by atoms with Crippen LogP contribution in [0.25, 0.3) is 0 Å². The monoisotopic (exact) mass is 226 g/mol. The van der Waals surface area contributed by atoms with Crippen LogP contribution >= 0.6 is 12.6 Å². The van der Waals surface area contributed by atoms with Gasteiger partial charge in [0.2, 0.25) is 0 Å². The predicted molar refractivity (Wildman–Crippen MR) is 45.3 cm³/mol. The average molecular weight is 226 g/mol. The van der Waals surface area contributed by atoms with Crippen molar-refractivity contribution in [3.63, 3.8) is 0 Å². The van der Waals surface area contributed by atoms with Gasteiger partial charge in [-0.1, -0.05) is 12.1 Å². The molecule has 0 bridgehead atoms. The van der Waals surface area contributed by atoms with Crippen LogP contribution in [0.15, 0.2) is 29.2 Å². The number of benzene rings is 1. The van der Waals surface area contributed by atoms with E-state index < -0.39 is 12.5 Å². The molecule has 0 fully saturated rings. The van der Waals surface area contributed by atoms with E-state index in [1.54, 1.807) is 0 Å². The van der Waals surface area contributed by atoms with Crippen LogP contribution in [-0.2, 0) is 0 Å². The fraction of sp³-hybridized carbons (Fsp3) is 0.250. The van der Waals surface area contributed by atoms with Gasteiger partial charge in [-0.2, -0.15) is 17.6 Å². The SMILES string of the molecule is FC(F)C(F)(F)Oc1ccccc1S. The van der Waals surface area contributed by atoms with Gasteiger partial charge in [0.05, 0.1) is 0 Å². The van der Waals surface area contributed by atoms with Crippen molar-refractivity contribution < 1.29 is 22.3 Å². The van der Waals surface area contributed by atoms with E-state index in [9.17, 15) is 17.6 Å². The number of ether oxygens (including phenoxy) is 1. The predicted octanol–water partition coefficient (Wildman–Crippen LogP) is 3.21. The Morgan fingerprint density at radius 2 is 1.79 bits per heavy atom. The number of hydrogen-bond acceptors (Lipinski definition) is 2. The molecule has 0 aromatic heterocycles. The van der Waals surface area contributed by atoms with Crippen LogP contribution in [-0.4, -0.2) is 12.5 Å². The second kappa shape index (κ2) is 4.08. The zero-order chi connectivity index (χ0) is 10.8. The first kappa shape index (κ1) is 11.2. The zero-order valence-electron chi connectivity index (χ0n) is 6.75. The van der Waals surface area contributed by atoms with Gasteiger partial charge in [-0.15, -0.1) is 12.6 Å². The summed E-state index contributed by atoms with van der Waals surface area (Å²) in [4.78, 5) is 0.0767. The Morgan fingerprint density at radius 1 is 1.21 bits per heavy atom. The van der Waals surface area contributed by atoms with E-state index in [0.717, 1.165) is 6.07 Å². The van der Waals surface area contributed by atoms with Crippen molar-refractivity contribution in [2.75, 3.05) is 0 Å². The highest BCUT2D eigenvalue weighted by Crippen LogP contribution is 2.30. The number of rotatable bonds is 3. The first-order chi connectivity index (χ1) is 6.43. The third-order valence-electron chi connectivity index (χ3n) is 1.37. The second-order valence-corrected chi connectivity index (χ2v) is 2.91. The van der Waals surface area contributed by atoms with Crippen LogP contribution in [0.2, 0.25) is 0 Å². The molecule has 0 saturated carbocycles. The summed E-state index contributed by atoms with van der Waals surface area (Å²) in [6.45, 7) is 0. The molecular formula is C8H6F4OS. The van der Waals surface area contributed by atoms with E-state index in [1.807, 2.05) is 0 Å². The van der Waals surface area contributed by atoms with Crippen molar-refractivity contribution in [1.29, 1.82) is 0 Å². The maximum Gasteiger partial charge on any atom is 0.461 e. The quantitative estimate of drug-likeness (QED) is 0.615. The Hall–Kier alpha value is -0.910. The molecule has 1 aromatic carbocycles. The van der Waals surface area contributed by atoms with Gasteiger partial charge >= 0.3 is 12.5 Å². The van der Waals surface area contributed by atoms with Gasteiger partial charge in [-0.3, -0.25) is 0 Å². The Kier molecular flexibility index (Phi) is 3.25. The molecule has 0 aliphatic rings. The van der Waals surface area contributed by atoms with Gasteiger partial charge in [0.25, 0.3) is 0 Å². The molecule has 1 nitrogen and oxygen atoms in total. The molecule has 0 spiro atoms. The molecule has 0 saturated heterocycles. The third-order valence-corrected chi connectivity index (χ3v) is 1.73. The maximum atomic E-state index is 12.4. The van der Waals surface area contributed by atoms with Gasteiger partial charge in [0.1, 0.15) is 5.75 Å². The lowest BCUT2D eigenvalue weighted by Gasteiger charge is -2.17. The van der Waals surface area contributed by atoms with Crippen molar-refractivity contribution >= 4 is 12.6 Å². The molecule has 0 amide bonds. The Bertz CT molecular complexity index is 316. The van der Waals surface area contributed by atoms with Gasteiger partial charge in [-0.25, -0.2) is 0 Å². The fourth-order valence-corrected chi connectivity index (χ4v) is 0.941. The molecule has 0 unspecified atom stereocenters. The van der Waals surface area contributed by atoms with Crippen molar-refractivity contribution in [1.82, 2.24) is 0 Å².